The van der Waals surface area contributed by atoms with Gasteiger partial charge in [-0.1, -0.05) is 22.6 Å². The molecule has 0 aliphatic heterocycles. The molecular formula is C10H10F9IO2. The van der Waals surface area contributed by atoms with Gasteiger partial charge in [0.2, 0.25) is 0 Å². The third-order valence-electron chi connectivity index (χ3n) is 2.60. The summed E-state index contributed by atoms with van der Waals surface area (Å²) in [5.74, 6) is -20.4. The Kier molecular flexibility index (Phi) is 6.85. The summed E-state index contributed by atoms with van der Waals surface area (Å²) in [4.78, 5) is 10.2. The van der Waals surface area contributed by atoms with Crippen molar-refractivity contribution in [3.63, 3.8) is 0 Å². The summed E-state index contributed by atoms with van der Waals surface area (Å²) >= 11 is 1.17. The minimum atomic E-state index is -6.89. The summed E-state index contributed by atoms with van der Waals surface area (Å²) in [5.41, 5.74) is 0. The van der Waals surface area contributed by atoms with Crippen molar-refractivity contribution < 1.29 is 49.4 Å². The predicted molar refractivity (Wildman–Crippen MR) is 64.8 cm³/mol. The first-order chi connectivity index (χ1) is 9.56. The van der Waals surface area contributed by atoms with E-state index in [-0.39, 0.29) is 12.8 Å². The van der Waals surface area contributed by atoms with Crippen LogP contribution in [0, 0.1) is 0 Å². The normalized spacial score (nSPS) is 15.7. The van der Waals surface area contributed by atoms with Crippen molar-refractivity contribution in [3.8, 4) is 0 Å². The lowest BCUT2D eigenvalue weighted by Crippen LogP contribution is -2.61. The first-order valence-electron chi connectivity index (χ1n) is 5.62. The number of carbonyl (C=O) groups is 1. The largest absolute Gasteiger partial charge is 0.481 e. The van der Waals surface area contributed by atoms with Crippen LogP contribution in [0.4, 0.5) is 39.5 Å². The average molecular weight is 460 g/mol. The lowest BCUT2D eigenvalue weighted by molar-refractivity contribution is -0.396. The van der Waals surface area contributed by atoms with Gasteiger partial charge in [0, 0.05) is 16.8 Å². The van der Waals surface area contributed by atoms with E-state index in [1.807, 2.05) is 0 Å². The van der Waals surface area contributed by atoms with Gasteiger partial charge < -0.3 is 5.11 Å². The fourth-order valence-corrected chi connectivity index (χ4v) is 2.38. The van der Waals surface area contributed by atoms with Gasteiger partial charge in [0.15, 0.2) is 0 Å². The number of carboxylic acids is 1. The lowest BCUT2D eigenvalue weighted by Gasteiger charge is -2.34. The summed E-state index contributed by atoms with van der Waals surface area (Å²) in [6.07, 6.45) is -9.80. The van der Waals surface area contributed by atoms with Crippen LogP contribution in [0.1, 0.15) is 25.7 Å². The zero-order valence-corrected chi connectivity index (χ0v) is 12.7. The van der Waals surface area contributed by atoms with Crippen molar-refractivity contribution in [1.29, 1.82) is 0 Å². The van der Waals surface area contributed by atoms with Gasteiger partial charge in [-0.25, -0.2) is 0 Å². The summed E-state index contributed by atoms with van der Waals surface area (Å²) in [5, 5.41) is 8.29. The van der Waals surface area contributed by atoms with Crippen LogP contribution in [0.3, 0.4) is 0 Å². The van der Waals surface area contributed by atoms with Crippen LogP contribution in [0.25, 0.3) is 0 Å². The molecule has 0 radical (unpaired) electrons. The molecule has 132 valence electrons. The molecule has 0 fully saturated rings. The van der Waals surface area contributed by atoms with Gasteiger partial charge >= 0.3 is 29.9 Å². The third kappa shape index (κ3) is 4.78. The molecule has 1 atom stereocenters. The first-order valence-corrected chi connectivity index (χ1v) is 6.87. The van der Waals surface area contributed by atoms with E-state index in [0.717, 1.165) is 0 Å². The Bertz CT molecular complexity index is 394. The number of carboxylic acid groups (broad SMARTS) is 1. The van der Waals surface area contributed by atoms with Gasteiger partial charge in [0.25, 0.3) is 0 Å². The minimum absolute atomic E-state index is 0.208. The van der Waals surface area contributed by atoms with Crippen LogP contribution >= 0.6 is 22.6 Å². The molecule has 0 amide bonds. The molecule has 0 heterocycles. The smallest absolute Gasteiger partial charge is 0.460 e. The van der Waals surface area contributed by atoms with E-state index in [9.17, 15) is 44.3 Å². The number of aliphatic carboxylic acids is 1. The molecule has 12 heteroatoms. The summed E-state index contributed by atoms with van der Waals surface area (Å²) < 4.78 is 112. The van der Waals surface area contributed by atoms with Gasteiger partial charge in [0.1, 0.15) is 0 Å². The molecule has 0 aromatic heterocycles. The zero-order valence-electron chi connectivity index (χ0n) is 10.5. The summed E-state index contributed by atoms with van der Waals surface area (Å²) in [7, 11) is 0. The fraction of sp³-hybridized carbons (Fsp3) is 0.900. The Labute approximate surface area is 132 Å². The molecular weight excluding hydrogens is 450 g/mol. The molecule has 0 aromatic rings. The van der Waals surface area contributed by atoms with Crippen molar-refractivity contribution in [2.24, 2.45) is 0 Å². The van der Waals surface area contributed by atoms with Gasteiger partial charge in [-0.15, -0.1) is 0 Å². The van der Waals surface area contributed by atoms with E-state index in [2.05, 4.69) is 0 Å². The molecule has 1 unspecified atom stereocenters. The minimum Gasteiger partial charge on any atom is -0.481 e. The molecule has 22 heavy (non-hydrogen) atoms. The van der Waals surface area contributed by atoms with Gasteiger partial charge in [0.05, 0.1) is 0 Å². The monoisotopic (exact) mass is 460 g/mol. The van der Waals surface area contributed by atoms with Crippen LogP contribution in [0.2, 0.25) is 0 Å². The summed E-state index contributed by atoms with van der Waals surface area (Å²) in [6, 6.07) is 0. The highest BCUT2D eigenvalue weighted by atomic mass is 127. The van der Waals surface area contributed by atoms with Crippen LogP contribution in [-0.2, 0) is 4.79 Å². The Hall–Kier alpha value is -0.430. The van der Waals surface area contributed by atoms with Gasteiger partial charge in [-0.05, 0) is 12.8 Å². The average Bonchev–Trinajstić information content (AvgIpc) is 2.25. The maximum absolute atomic E-state index is 13.2. The number of halogens is 10. The topological polar surface area (TPSA) is 37.3 Å². The highest BCUT2D eigenvalue weighted by Crippen LogP contribution is 2.54. The van der Waals surface area contributed by atoms with Crippen molar-refractivity contribution in [2.45, 2.75) is 53.6 Å². The van der Waals surface area contributed by atoms with Crippen LogP contribution in [0.15, 0.2) is 0 Å². The SMILES string of the molecule is O=C(O)CCCC(I)CC(F)(F)C(F)(F)C(F)(F)C(F)(F)F. The molecule has 2 nitrogen and oxygen atoms in total. The second kappa shape index (κ2) is 6.99. The van der Waals surface area contributed by atoms with E-state index in [0.29, 0.717) is 0 Å². The van der Waals surface area contributed by atoms with E-state index in [1.54, 1.807) is 0 Å². The summed E-state index contributed by atoms with van der Waals surface area (Å²) in [6.45, 7) is 0. The number of hydrogen-bond acceptors (Lipinski definition) is 1. The molecule has 0 saturated heterocycles. The van der Waals surface area contributed by atoms with Gasteiger partial charge in [-0.3, -0.25) is 4.79 Å². The lowest BCUT2D eigenvalue weighted by atomic mass is 9.98. The predicted octanol–water partition coefficient (Wildman–Crippen LogP) is 4.90. The van der Waals surface area contributed by atoms with E-state index >= 15 is 0 Å². The Morgan fingerprint density at radius 1 is 0.955 bits per heavy atom. The number of rotatable bonds is 8. The third-order valence-corrected chi connectivity index (χ3v) is 3.66. The molecule has 0 aromatic carbocycles. The van der Waals surface area contributed by atoms with Crippen LogP contribution < -0.4 is 0 Å². The van der Waals surface area contributed by atoms with Crippen LogP contribution in [-0.4, -0.2) is 38.9 Å². The van der Waals surface area contributed by atoms with Crippen molar-refractivity contribution in [2.75, 3.05) is 0 Å². The number of alkyl halides is 10. The molecule has 0 aliphatic carbocycles. The Morgan fingerprint density at radius 3 is 1.77 bits per heavy atom. The van der Waals surface area contributed by atoms with Crippen molar-refractivity contribution >= 4 is 28.6 Å². The van der Waals surface area contributed by atoms with E-state index < -0.39 is 46.7 Å². The molecule has 0 bridgehead atoms. The highest BCUT2D eigenvalue weighted by molar-refractivity contribution is 14.1. The maximum atomic E-state index is 13.2. The van der Waals surface area contributed by atoms with Crippen molar-refractivity contribution in [3.05, 3.63) is 0 Å². The fourth-order valence-electron chi connectivity index (χ4n) is 1.39. The maximum Gasteiger partial charge on any atom is 0.460 e. The number of hydrogen-bond donors (Lipinski definition) is 1. The Balaban J connectivity index is 5.01. The standard InChI is InChI=1S/C10H10F9IO2/c11-7(12,4-5(20)2-1-3-6(21)22)8(13,14)9(15,16)10(17,18)19/h5H,1-4H2,(H,21,22). The zero-order chi connectivity index (χ0) is 18.0. The second-order valence-corrected chi connectivity index (χ2v) is 6.20. The quantitative estimate of drug-likeness (QED) is 0.318. The van der Waals surface area contributed by atoms with Crippen LogP contribution in [0.5, 0.6) is 0 Å². The molecule has 0 spiro atoms. The van der Waals surface area contributed by atoms with E-state index in [4.69, 9.17) is 5.11 Å². The van der Waals surface area contributed by atoms with Crippen molar-refractivity contribution in [1.82, 2.24) is 0 Å². The van der Waals surface area contributed by atoms with E-state index in [1.165, 1.54) is 22.6 Å². The molecule has 0 saturated carbocycles. The molecule has 1 N–H and O–H groups in total. The first kappa shape index (κ1) is 21.6. The second-order valence-electron chi connectivity index (χ2n) is 4.44. The van der Waals surface area contributed by atoms with Gasteiger partial charge in [-0.2, -0.15) is 39.5 Å². The molecule has 0 rings (SSSR count). The highest BCUT2D eigenvalue weighted by Gasteiger charge is 2.81. The molecule has 0 aliphatic rings. The Morgan fingerprint density at radius 2 is 1.41 bits per heavy atom.